The highest BCUT2D eigenvalue weighted by Crippen LogP contribution is 2.37. The van der Waals surface area contributed by atoms with Gasteiger partial charge in [0.2, 0.25) is 0 Å². The summed E-state index contributed by atoms with van der Waals surface area (Å²) in [4.78, 5) is 16.5. The molecule has 3 heterocycles. The molecule has 6 nitrogen and oxygen atoms in total. The first kappa shape index (κ1) is 19.6. The summed E-state index contributed by atoms with van der Waals surface area (Å²) in [5.74, 6) is 0.899. The highest BCUT2D eigenvalue weighted by molar-refractivity contribution is 7.10. The Labute approximate surface area is 169 Å². The number of amides is 1. The predicted octanol–water partition coefficient (Wildman–Crippen LogP) is 3.19. The molecule has 1 aliphatic heterocycles. The van der Waals surface area contributed by atoms with E-state index in [0.717, 1.165) is 68.8 Å². The van der Waals surface area contributed by atoms with Crippen LogP contribution in [0.15, 0.2) is 9.90 Å². The van der Waals surface area contributed by atoms with Crippen LogP contribution in [0, 0.1) is 19.3 Å². The first-order valence-electron chi connectivity index (χ1n) is 10.1. The summed E-state index contributed by atoms with van der Waals surface area (Å²) in [7, 11) is 0. The standard InChI is InChI=1S/C21H29N3O3S/c1-14-17(15(2)27-23-14)9-24-8-5-16-18(11-28-19(16)10-24)20(26)22-12-21(13-25)6-3-4-7-21/h11,25H,3-10,12-13H2,1-2H3,(H,22,26). The molecule has 28 heavy (non-hydrogen) atoms. The average Bonchev–Trinajstić information content (AvgIpc) is 3.41. The number of carbonyl (C=O) groups excluding carboxylic acids is 1. The summed E-state index contributed by atoms with van der Waals surface area (Å²) >= 11 is 1.68. The van der Waals surface area contributed by atoms with E-state index in [1.165, 1.54) is 16.0 Å². The van der Waals surface area contributed by atoms with Crippen molar-refractivity contribution in [1.82, 2.24) is 15.4 Å². The van der Waals surface area contributed by atoms with E-state index >= 15 is 0 Å². The SMILES string of the molecule is Cc1noc(C)c1CN1CCc2c(C(=O)NCC3(CO)CCCC3)csc2C1. The number of hydrogen-bond acceptors (Lipinski definition) is 6. The van der Waals surface area contributed by atoms with E-state index in [1.807, 2.05) is 19.2 Å². The van der Waals surface area contributed by atoms with E-state index < -0.39 is 0 Å². The van der Waals surface area contributed by atoms with Crippen LogP contribution in [0.4, 0.5) is 0 Å². The molecule has 7 heteroatoms. The Kier molecular flexibility index (Phi) is 5.58. The van der Waals surface area contributed by atoms with E-state index in [-0.39, 0.29) is 17.9 Å². The number of hydrogen-bond donors (Lipinski definition) is 2. The zero-order chi connectivity index (χ0) is 19.7. The fourth-order valence-electron chi connectivity index (χ4n) is 4.54. The zero-order valence-corrected chi connectivity index (χ0v) is 17.5. The molecule has 0 atom stereocenters. The van der Waals surface area contributed by atoms with Gasteiger partial charge in [0.1, 0.15) is 5.76 Å². The van der Waals surface area contributed by atoms with Crippen molar-refractivity contribution in [2.24, 2.45) is 5.41 Å². The van der Waals surface area contributed by atoms with Gasteiger partial charge in [-0.1, -0.05) is 18.0 Å². The van der Waals surface area contributed by atoms with Gasteiger partial charge >= 0.3 is 0 Å². The van der Waals surface area contributed by atoms with Crippen LogP contribution < -0.4 is 5.32 Å². The summed E-state index contributed by atoms with van der Waals surface area (Å²) in [5, 5.41) is 18.9. The number of aliphatic hydroxyl groups excluding tert-OH is 1. The van der Waals surface area contributed by atoms with Crippen molar-refractivity contribution in [3.05, 3.63) is 38.4 Å². The predicted molar refractivity (Wildman–Crippen MR) is 108 cm³/mol. The van der Waals surface area contributed by atoms with Gasteiger partial charge in [-0.25, -0.2) is 0 Å². The van der Waals surface area contributed by atoms with E-state index in [9.17, 15) is 9.90 Å². The second-order valence-corrected chi connectivity index (χ2v) is 9.33. The molecule has 1 amide bonds. The van der Waals surface area contributed by atoms with Crippen molar-refractivity contribution in [3.8, 4) is 0 Å². The fraction of sp³-hybridized carbons (Fsp3) is 0.619. The van der Waals surface area contributed by atoms with Gasteiger partial charge in [0, 0.05) is 47.4 Å². The molecule has 2 N–H and O–H groups in total. The van der Waals surface area contributed by atoms with Crippen LogP contribution in [0.1, 0.15) is 63.5 Å². The first-order valence-corrected chi connectivity index (χ1v) is 11.0. The van der Waals surface area contributed by atoms with Gasteiger partial charge in [0.25, 0.3) is 5.91 Å². The van der Waals surface area contributed by atoms with Crippen LogP contribution >= 0.6 is 11.3 Å². The van der Waals surface area contributed by atoms with Gasteiger partial charge in [-0.2, -0.15) is 0 Å². The smallest absolute Gasteiger partial charge is 0.252 e. The van der Waals surface area contributed by atoms with Crippen LogP contribution in [-0.2, 0) is 19.5 Å². The van der Waals surface area contributed by atoms with Gasteiger partial charge < -0.3 is 14.9 Å². The van der Waals surface area contributed by atoms with E-state index in [0.29, 0.717) is 6.54 Å². The number of aliphatic hydroxyl groups is 1. The van der Waals surface area contributed by atoms with Crippen molar-refractivity contribution in [2.75, 3.05) is 19.7 Å². The maximum atomic E-state index is 12.8. The lowest BCUT2D eigenvalue weighted by Gasteiger charge is -2.28. The first-order chi connectivity index (χ1) is 13.5. The largest absolute Gasteiger partial charge is 0.396 e. The molecule has 1 aliphatic carbocycles. The summed E-state index contributed by atoms with van der Waals surface area (Å²) in [5.41, 5.74) is 4.03. The van der Waals surface area contributed by atoms with Gasteiger partial charge in [-0.05, 0) is 38.7 Å². The van der Waals surface area contributed by atoms with E-state index in [1.54, 1.807) is 11.3 Å². The molecule has 2 aromatic rings. The highest BCUT2D eigenvalue weighted by Gasteiger charge is 2.34. The number of thiophene rings is 1. The van der Waals surface area contributed by atoms with Gasteiger partial charge in [-0.15, -0.1) is 11.3 Å². The topological polar surface area (TPSA) is 78.6 Å². The second-order valence-electron chi connectivity index (χ2n) is 8.36. The lowest BCUT2D eigenvalue weighted by atomic mass is 9.87. The minimum Gasteiger partial charge on any atom is -0.396 e. The number of aromatic nitrogens is 1. The number of nitrogens with zero attached hydrogens (tertiary/aromatic N) is 2. The molecule has 1 saturated carbocycles. The third-order valence-corrected chi connectivity index (χ3v) is 7.47. The van der Waals surface area contributed by atoms with Crippen molar-refractivity contribution in [1.29, 1.82) is 0 Å². The van der Waals surface area contributed by atoms with Gasteiger partial charge in [-0.3, -0.25) is 9.69 Å². The maximum Gasteiger partial charge on any atom is 0.252 e. The molecule has 0 unspecified atom stereocenters. The molecule has 0 radical (unpaired) electrons. The summed E-state index contributed by atoms with van der Waals surface area (Å²) in [6.45, 7) is 7.29. The number of rotatable bonds is 6. The lowest BCUT2D eigenvalue weighted by Crippen LogP contribution is -2.38. The molecule has 0 aromatic carbocycles. The number of aryl methyl sites for hydroxylation is 2. The van der Waals surface area contributed by atoms with Crippen molar-refractivity contribution < 1.29 is 14.4 Å². The van der Waals surface area contributed by atoms with E-state index in [4.69, 9.17) is 4.52 Å². The fourth-order valence-corrected chi connectivity index (χ4v) is 5.66. The molecule has 0 bridgehead atoms. The van der Waals surface area contributed by atoms with Crippen LogP contribution in [0.2, 0.25) is 0 Å². The minimum atomic E-state index is -0.114. The average molecular weight is 404 g/mol. The quantitative estimate of drug-likeness (QED) is 0.774. The van der Waals surface area contributed by atoms with Crippen LogP contribution in [0.3, 0.4) is 0 Å². The Morgan fingerprint density at radius 2 is 2.18 bits per heavy atom. The van der Waals surface area contributed by atoms with Crippen LogP contribution in [0.25, 0.3) is 0 Å². The second kappa shape index (κ2) is 7.97. The number of carbonyl (C=O) groups is 1. The normalized spacial score (nSPS) is 19.0. The molecule has 4 rings (SSSR count). The van der Waals surface area contributed by atoms with Crippen molar-refractivity contribution in [2.45, 2.75) is 59.0 Å². The Balaban J connectivity index is 1.40. The van der Waals surface area contributed by atoms with Crippen LogP contribution in [-0.4, -0.2) is 40.8 Å². The molecular formula is C21H29N3O3S. The van der Waals surface area contributed by atoms with E-state index in [2.05, 4.69) is 15.4 Å². The van der Waals surface area contributed by atoms with Crippen molar-refractivity contribution >= 4 is 17.2 Å². The number of nitrogens with one attached hydrogen (secondary N) is 1. The molecule has 2 aliphatic rings. The molecule has 0 spiro atoms. The van der Waals surface area contributed by atoms with Crippen LogP contribution in [0.5, 0.6) is 0 Å². The highest BCUT2D eigenvalue weighted by atomic mass is 32.1. The zero-order valence-electron chi connectivity index (χ0n) is 16.7. The summed E-state index contributed by atoms with van der Waals surface area (Å²) in [6, 6.07) is 0. The molecular weight excluding hydrogens is 374 g/mol. The van der Waals surface area contributed by atoms with Gasteiger partial charge in [0.05, 0.1) is 17.9 Å². The Morgan fingerprint density at radius 3 is 2.86 bits per heavy atom. The van der Waals surface area contributed by atoms with Crippen molar-refractivity contribution in [3.63, 3.8) is 0 Å². The Bertz CT molecular complexity index is 832. The molecule has 152 valence electrons. The Hall–Kier alpha value is -1.70. The number of fused-ring (bicyclic) bond motifs is 1. The monoisotopic (exact) mass is 403 g/mol. The third-order valence-electron chi connectivity index (χ3n) is 6.46. The summed E-state index contributed by atoms with van der Waals surface area (Å²) < 4.78 is 5.28. The lowest BCUT2D eigenvalue weighted by molar-refractivity contribution is 0.0879. The Morgan fingerprint density at radius 1 is 1.39 bits per heavy atom. The molecule has 1 fully saturated rings. The third kappa shape index (κ3) is 3.75. The summed E-state index contributed by atoms with van der Waals surface area (Å²) in [6.07, 6.45) is 5.18. The van der Waals surface area contributed by atoms with Gasteiger partial charge in [0.15, 0.2) is 0 Å². The maximum absolute atomic E-state index is 12.8. The molecule has 0 saturated heterocycles. The minimum absolute atomic E-state index is 0.0106. The molecule has 2 aromatic heterocycles.